The maximum Gasteiger partial charge on any atom is 0.125 e. The zero-order valence-corrected chi connectivity index (χ0v) is 12.4. The Labute approximate surface area is 129 Å². The van der Waals surface area contributed by atoms with Gasteiger partial charge in [0.25, 0.3) is 0 Å². The summed E-state index contributed by atoms with van der Waals surface area (Å²) in [5.74, 6) is 0.327. The van der Waals surface area contributed by atoms with Crippen molar-refractivity contribution in [3.8, 4) is 0 Å². The Morgan fingerprint density at radius 1 is 1.24 bits per heavy atom. The molecule has 0 bridgehead atoms. The number of hydrogen-bond acceptors (Lipinski definition) is 2. The van der Waals surface area contributed by atoms with Crippen LogP contribution in [0.2, 0.25) is 5.02 Å². The normalized spacial score (nSPS) is 15.8. The lowest BCUT2D eigenvalue weighted by Crippen LogP contribution is -2.22. The Morgan fingerprint density at radius 3 is 2.71 bits per heavy atom. The average Bonchev–Trinajstić information content (AvgIpc) is 3.33. The number of nitrogens with two attached hydrogens (primary N) is 1. The van der Waals surface area contributed by atoms with Crippen LogP contribution in [0, 0.1) is 5.82 Å². The topological polar surface area (TPSA) is 38.0 Å². The van der Waals surface area contributed by atoms with Crippen molar-refractivity contribution in [2.24, 2.45) is 5.73 Å². The van der Waals surface area contributed by atoms with Crippen molar-refractivity contribution >= 4 is 17.3 Å². The largest absolute Gasteiger partial charge is 0.376 e. The van der Waals surface area contributed by atoms with Crippen molar-refractivity contribution < 1.29 is 4.39 Å². The van der Waals surface area contributed by atoms with Crippen molar-refractivity contribution in [2.45, 2.75) is 24.8 Å². The highest BCUT2D eigenvalue weighted by Gasteiger charge is 2.27. The van der Waals surface area contributed by atoms with E-state index in [1.54, 1.807) is 6.07 Å². The minimum Gasteiger partial charge on any atom is -0.376 e. The highest BCUT2D eigenvalue weighted by Crippen LogP contribution is 2.43. The molecule has 0 spiro atoms. The third kappa shape index (κ3) is 3.20. The van der Waals surface area contributed by atoms with Gasteiger partial charge < -0.3 is 11.1 Å². The predicted octanol–water partition coefficient (Wildman–Crippen LogP) is 4.47. The van der Waals surface area contributed by atoms with Crippen LogP contribution >= 0.6 is 11.6 Å². The molecule has 1 aliphatic carbocycles. The summed E-state index contributed by atoms with van der Waals surface area (Å²) in [7, 11) is 0. The van der Waals surface area contributed by atoms with Crippen molar-refractivity contribution in [1.29, 1.82) is 0 Å². The van der Waals surface area contributed by atoms with E-state index < -0.39 is 0 Å². The van der Waals surface area contributed by atoms with E-state index in [0.29, 0.717) is 23.2 Å². The van der Waals surface area contributed by atoms with Gasteiger partial charge in [-0.05, 0) is 48.1 Å². The summed E-state index contributed by atoms with van der Waals surface area (Å²) >= 11 is 6.13. The van der Waals surface area contributed by atoms with Crippen LogP contribution in [0.25, 0.3) is 0 Å². The third-order valence-electron chi connectivity index (χ3n) is 3.88. The minimum atomic E-state index is -0.312. The quantitative estimate of drug-likeness (QED) is 0.855. The molecule has 2 nitrogen and oxygen atoms in total. The first kappa shape index (κ1) is 14.4. The van der Waals surface area contributed by atoms with Crippen LogP contribution in [0.3, 0.4) is 0 Å². The van der Waals surface area contributed by atoms with Gasteiger partial charge in [0, 0.05) is 6.54 Å². The summed E-state index contributed by atoms with van der Waals surface area (Å²) in [6, 6.07) is 12.6. The Balaban J connectivity index is 1.90. The van der Waals surface area contributed by atoms with Crippen molar-refractivity contribution in [3.63, 3.8) is 0 Å². The second kappa shape index (κ2) is 6.04. The van der Waals surface area contributed by atoms with Gasteiger partial charge in [0.15, 0.2) is 0 Å². The summed E-state index contributed by atoms with van der Waals surface area (Å²) in [5.41, 5.74) is 9.04. The van der Waals surface area contributed by atoms with E-state index in [1.807, 2.05) is 6.07 Å². The molecule has 1 saturated carbocycles. The second-order valence-corrected chi connectivity index (χ2v) is 5.87. The predicted molar refractivity (Wildman–Crippen MR) is 85.2 cm³/mol. The van der Waals surface area contributed by atoms with E-state index in [-0.39, 0.29) is 11.9 Å². The molecule has 3 rings (SSSR count). The number of halogens is 2. The van der Waals surface area contributed by atoms with Gasteiger partial charge in [0.05, 0.1) is 16.8 Å². The summed E-state index contributed by atoms with van der Waals surface area (Å²) in [5, 5.41) is 3.78. The Morgan fingerprint density at radius 2 is 2.00 bits per heavy atom. The number of benzene rings is 2. The first-order chi connectivity index (χ1) is 10.2. The highest BCUT2D eigenvalue weighted by molar-refractivity contribution is 6.33. The average molecular weight is 305 g/mol. The van der Waals surface area contributed by atoms with Crippen LogP contribution in [0.15, 0.2) is 42.5 Å². The molecular formula is C17H18ClFN2. The van der Waals surface area contributed by atoms with Crippen LogP contribution in [0.4, 0.5) is 10.1 Å². The molecule has 1 aliphatic rings. The molecule has 2 aromatic rings. The smallest absolute Gasteiger partial charge is 0.125 e. The van der Waals surface area contributed by atoms with E-state index in [0.717, 1.165) is 0 Å². The fourth-order valence-electron chi connectivity index (χ4n) is 2.65. The first-order valence-electron chi connectivity index (χ1n) is 7.19. The molecule has 3 N–H and O–H groups in total. The van der Waals surface area contributed by atoms with Gasteiger partial charge in [-0.3, -0.25) is 0 Å². The molecule has 21 heavy (non-hydrogen) atoms. The fraction of sp³-hybridized carbons (Fsp3) is 0.294. The maximum absolute atomic E-state index is 13.4. The number of rotatable bonds is 5. The van der Waals surface area contributed by atoms with Gasteiger partial charge in [-0.1, -0.05) is 35.9 Å². The number of nitrogens with one attached hydrogen (secondary N) is 1. The van der Waals surface area contributed by atoms with E-state index in [9.17, 15) is 4.39 Å². The van der Waals surface area contributed by atoms with Gasteiger partial charge in [0.1, 0.15) is 5.82 Å². The molecular weight excluding hydrogens is 287 g/mol. The van der Waals surface area contributed by atoms with Gasteiger partial charge in [-0.15, -0.1) is 0 Å². The molecule has 0 saturated heterocycles. The van der Waals surface area contributed by atoms with Crippen molar-refractivity contribution in [1.82, 2.24) is 0 Å². The summed E-state index contributed by atoms with van der Waals surface area (Å²) in [6.07, 6.45) is 2.46. The van der Waals surface area contributed by atoms with Crippen LogP contribution < -0.4 is 11.1 Å². The molecule has 0 radical (unpaired) electrons. The summed E-state index contributed by atoms with van der Waals surface area (Å²) in [4.78, 5) is 0. The monoisotopic (exact) mass is 304 g/mol. The zero-order chi connectivity index (χ0) is 14.8. The summed E-state index contributed by atoms with van der Waals surface area (Å²) < 4.78 is 13.4. The molecule has 2 aromatic carbocycles. The highest BCUT2D eigenvalue weighted by atomic mass is 35.5. The van der Waals surface area contributed by atoms with E-state index in [2.05, 4.69) is 23.5 Å². The SMILES string of the molecule is NCC(Nc1cc(F)ccc1Cl)c1ccccc1C1CC1. The molecule has 0 heterocycles. The van der Waals surface area contributed by atoms with Crippen LogP contribution in [-0.4, -0.2) is 6.54 Å². The van der Waals surface area contributed by atoms with Gasteiger partial charge in [0.2, 0.25) is 0 Å². The molecule has 0 aliphatic heterocycles. The molecule has 1 atom stereocenters. The van der Waals surface area contributed by atoms with E-state index >= 15 is 0 Å². The molecule has 0 amide bonds. The lowest BCUT2D eigenvalue weighted by molar-refractivity contribution is 0.627. The number of hydrogen-bond donors (Lipinski definition) is 2. The standard InChI is InChI=1S/C17H18ClFN2/c18-15-8-7-12(19)9-16(15)21-17(10-20)14-4-2-1-3-13(14)11-5-6-11/h1-4,7-9,11,17,21H,5-6,10,20H2. The second-order valence-electron chi connectivity index (χ2n) is 5.46. The molecule has 4 heteroatoms. The maximum atomic E-state index is 13.4. The Kier molecular flexibility index (Phi) is 4.13. The van der Waals surface area contributed by atoms with Crippen LogP contribution in [0.1, 0.15) is 35.9 Å². The minimum absolute atomic E-state index is 0.0684. The Bertz CT molecular complexity index is 640. The van der Waals surface area contributed by atoms with Crippen molar-refractivity contribution in [3.05, 3.63) is 64.4 Å². The zero-order valence-electron chi connectivity index (χ0n) is 11.7. The van der Waals surface area contributed by atoms with Crippen molar-refractivity contribution in [2.75, 3.05) is 11.9 Å². The summed E-state index contributed by atoms with van der Waals surface area (Å²) in [6.45, 7) is 0.427. The molecule has 0 aromatic heterocycles. The molecule has 110 valence electrons. The lowest BCUT2D eigenvalue weighted by atomic mass is 9.97. The van der Waals surface area contributed by atoms with Gasteiger partial charge in [-0.2, -0.15) is 0 Å². The number of anilines is 1. The molecule has 1 fully saturated rings. The first-order valence-corrected chi connectivity index (χ1v) is 7.57. The van der Waals surface area contributed by atoms with Crippen LogP contribution in [0.5, 0.6) is 0 Å². The van der Waals surface area contributed by atoms with E-state index in [1.165, 1.54) is 36.1 Å². The van der Waals surface area contributed by atoms with E-state index in [4.69, 9.17) is 17.3 Å². The van der Waals surface area contributed by atoms with Gasteiger partial charge >= 0.3 is 0 Å². The van der Waals surface area contributed by atoms with Crippen LogP contribution in [-0.2, 0) is 0 Å². The fourth-order valence-corrected chi connectivity index (χ4v) is 2.83. The Hall–Kier alpha value is -1.58. The lowest BCUT2D eigenvalue weighted by Gasteiger charge is -2.22. The third-order valence-corrected chi connectivity index (χ3v) is 4.21. The van der Waals surface area contributed by atoms with Gasteiger partial charge in [-0.25, -0.2) is 4.39 Å². The molecule has 1 unspecified atom stereocenters.